The molecule has 0 saturated heterocycles. The van der Waals surface area contributed by atoms with Crippen molar-refractivity contribution in [2.45, 2.75) is 0 Å². The van der Waals surface area contributed by atoms with Crippen molar-refractivity contribution >= 4 is 35.3 Å². The smallest absolute Gasteiger partial charge is 0.288 e. The van der Waals surface area contributed by atoms with Gasteiger partial charge in [0, 0.05) is 17.2 Å². The van der Waals surface area contributed by atoms with Crippen molar-refractivity contribution in [3.63, 3.8) is 0 Å². The van der Waals surface area contributed by atoms with E-state index in [-0.39, 0.29) is 22.8 Å². The highest BCUT2D eigenvalue weighted by Crippen LogP contribution is 2.24. The first-order chi connectivity index (χ1) is 12.4. The van der Waals surface area contributed by atoms with Gasteiger partial charge < -0.3 is 5.32 Å². The molecule has 2 N–H and O–H groups in total. The molecule has 0 aliphatic carbocycles. The summed E-state index contributed by atoms with van der Waals surface area (Å²) in [6, 6.07) is 9.03. The Morgan fingerprint density at radius 2 is 2.04 bits per heavy atom. The zero-order chi connectivity index (χ0) is 19.1. The van der Waals surface area contributed by atoms with Gasteiger partial charge in [0.25, 0.3) is 17.5 Å². The number of rotatable bonds is 6. The second kappa shape index (κ2) is 8.67. The van der Waals surface area contributed by atoms with Crippen molar-refractivity contribution in [3.05, 3.63) is 74.5 Å². The largest absolute Gasteiger partial charge is 0.343 e. The van der Waals surface area contributed by atoms with Crippen LogP contribution in [0.1, 0.15) is 15.9 Å². The molecule has 0 saturated carbocycles. The van der Waals surface area contributed by atoms with Crippen molar-refractivity contribution in [2.75, 3.05) is 6.54 Å². The first-order valence-electron chi connectivity index (χ1n) is 7.16. The van der Waals surface area contributed by atoms with Gasteiger partial charge >= 0.3 is 0 Å². The highest BCUT2D eigenvalue weighted by Gasteiger charge is 2.12. The molecular formula is C16H12ClFN4O4. The topological polar surface area (TPSA) is 114 Å². The molecule has 0 unspecified atom stereocenters. The molecule has 0 radical (unpaired) electrons. The van der Waals surface area contributed by atoms with Gasteiger partial charge in [0.15, 0.2) is 0 Å². The van der Waals surface area contributed by atoms with Gasteiger partial charge in [0.05, 0.1) is 17.7 Å². The van der Waals surface area contributed by atoms with Crippen LogP contribution >= 0.6 is 11.6 Å². The summed E-state index contributed by atoms with van der Waals surface area (Å²) in [5.41, 5.74) is 2.29. The lowest BCUT2D eigenvalue weighted by Gasteiger charge is -2.04. The van der Waals surface area contributed by atoms with Crippen LogP contribution in [0.5, 0.6) is 0 Å². The average Bonchev–Trinajstić information content (AvgIpc) is 2.60. The van der Waals surface area contributed by atoms with Crippen molar-refractivity contribution < 1.29 is 18.9 Å². The van der Waals surface area contributed by atoms with E-state index in [4.69, 9.17) is 11.6 Å². The SMILES string of the molecule is O=C(CNC(=O)c1cccc(F)c1)N/N=C/c1ccc(Cl)c([N+](=O)[O-])c1. The zero-order valence-electron chi connectivity index (χ0n) is 13.1. The van der Waals surface area contributed by atoms with Crippen LogP contribution in [0, 0.1) is 15.9 Å². The predicted octanol–water partition coefficient (Wildman–Crippen LogP) is 2.27. The van der Waals surface area contributed by atoms with E-state index in [2.05, 4.69) is 15.8 Å². The van der Waals surface area contributed by atoms with Crippen LogP contribution in [0.3, 0.4) is 0 Å². The monoisotopic (exact) mass is 378 g/mol. The van der Waals surface area contributed by atoms with Gasteiger partial charge in [0.2, 0.25) is 0 Å². The van der Waals surface area contributed by atoms with E-state index < -0.39 is 22.6 Å². The van der Waals surface area contributed by atoms with E-state index >= 15 is 0 Å². The number of halogens is 2. The number of carbonyl (C=O) groups excluding carboxylic acids is 2. The highest BCUT2D eigenvalue weighted by molar-refractivity contribution is 6.32. The molecule has 2 amide bonds. The summed E-state index contributed by atoms with van der Waals surface area (Å²) in [6.07, 6.45) is 1.19. The molecular weight excluding hydrogens is 367 g/mol. The fourth-order valence-corrected chi connectivity index (χ4v) is 2.05. The van der Waals surface area contributed by atoms with Crippen molar-refractivity contribution in [1.82, 2.24) is 10.7 Å². The fraction of sp³-hybridized carbons (Fsp3) is 0.0625. The lowest BCUT2D eigenvalue weighted by atomic mass is 10.2. The minimum absolute atomic E-state index is 0.0174. The maximum atomic E-state index is 13.0. The Balaban J connectivity index is 1.87. The Kier molecular flexibility index (Phi) is 6.34. The number of hydrogen-bond donors (Lipinski definition) is 2. The van der Waals surface area contributed by atoms with Gasteiger partial charge in [-0.15, -0.1) is 0 Å². The van der Waals surface area contributed by atoms with Crippen LogP contribution < -0.4 is 10.7 Å². The summed E-state index contributed by atoms with van der Waals surface area (Å²) in [5, 5.41) is 16.7. The molecule has 0 bridgehead atoms. The molecule has 0 heterocycles. The van der Waals surface area contributed by atoms with E-state index in [1.165, 1.54) is 42.6 Å². The minimum atomic E-state index is -0.639. The number of nitrogens with one attached hydrogen (secondary N) is 2. The van der Waals surface area contributed by atoms with E-state index in [0.29, 0.717) is 5.56 Å². The molecule has 0 fully saturated rings. The second-order valence-corrected chi connectivity index (χ2v) is 5.36. The summed E-state index contributed by atoms with van der Waals surface area (Å²) < 4.78 is 13.0. The van der Waals surface area contributed by atoms with Crippen LogP contribution in [0.2, 0.25) is 5.02 Å². The number of nitrogens with zero attached hydrogens (tertiary/aromatic N) is 2. The van der Waals surface area contributed by atoms with Gasteiger partial charge in [-0.05, 0) is 24.3 Å². The number of benzene rings is 2. The Morgan fingerprint density at radius 1 is 1.27 bits per heavy atom. The molecule has 26 heavy (non-hydrogen) atoms. The molecule has 0 atom stereocenters. The number of hydrogen-bond acceptors (Lipinski definition) is 5. The number of nitro benzene ring substituents is 1. The number of hydrazone groups is 1. The summed E-state index contributed by atoms with van der Waals surface area (Å²) in [4.78, 5) is 33.5. The Bertz CT molecular complexity index is 888. The third-order valence-corrected chi connectivity index (χ3v) is 3.39. The minimum Gasteiger partial charge on any atom is -0.343 e. The van der Waals surface area contributed by atoms with Crippen LogP contribution in [-0.2, 0) is 4.79 Å². The Labute approximate surface area is 151 Å². The lowest BCUT2D eigenvalue weighted by molar-refractivity contribution is -0.384. The molecule has 8 nitrogen and oxygen atoms in total. The van der Waals surface area contributed by atoms with Crippen molar-refractivity contribution in [3.8, 4) is 0 Å². The highest BCUT2D eigenvalue weighted by atomic mass is 35.5. The first kappa shape index (κ1) is 19.0. The Hall–Kier alpha value is -3.33. The standard InChI is InChI=1S/C16H12ClFN4O4/c17-13-5-4-10(6-14(13)22(25)26)8-20-21-15(23)9-19-16(24)11-2-1-3-12(18)7-11/h1-8H,9H2,(H,19,24)(H,21,23)/b20-8+. The number of amides is 2. The summed E-state index contributed by atoms with van der Waals surface area (Å²) >= 11 is 5.69. The molecule has 2 rings (SSSR count). The van der Waals surface area contributed by atoms with Crippen molar-refractivity contribution in [1.29, 1.82) is 0 Å². The molecule has 0 spiro atoms. The average molecular weight is 379 g/mol. The molecule has 2 aromatic rings. The molecule has 134 valence electrons. The molecule has 0 aliphatic rings. The zero-order valence-corrected chi connectivity index (χ0v) is 13.9. The van der Waals surface area contributed by atoms with Crippen LogP contribution in [0.15, 0.2) is 47.6 Å². The Morgan fingerprint density at radius 3 is 2.73 bits per heavy atom. The van der Waals surface area contributed by atoms with Gasteiger partial charge in [-0.2, -0.15) is 5.10 Å². The second-order valence-electron chi connectivity index (χ2n) is 4.95. The summed E-state index contributed by atoms with van der Waals surface area (Å²) in [7, 11) is 0. The van der Waals surface area contributed by atoms with Gasteiger partial charge in [0.1, 0.15) is 10.8 Å². The first-order valence-corrected chi connectivity index (χ1v) is 7.54. The van der Waals surface area contributed by atoms with E-state index in [9.17, 15) is 24.1 Å². The fourth-order valence-electron chi connectivity index (χ4n) is 1.86. The maximum absolute atomic E-state index is 13.0. The molecule has 0 aromatic heterocycles. The third-order valence-electron chi connectivity index (χ3n) is 3.07. The van der Waals surface area contributed by atoms with Crippen LogP contribution in [0.4, 0.5) is 10.1 Å². The van der Waals surface area contributed by atoms with Gasteiger partial charge in [-0.25, -0.2) is 9.82 Å². The van der Waals surface area contributed by atoms with Crippen molar-refractivity contribution in [2.24, 2.45) is 5.10 Å². The summed E-state index contributed by atoms with van der Waals surface area (Å²) in [5.74, 6) is -1.81. The van der Waals surface area contributed by atoms with Crippen LogP contribution in [-0.4, -0.2) is 29.5 Å². The lowest BCUT2D eigenvalue weighted by Crippen LogP contribution is -2.34. The van der Waals surface area contributed by atoms with E-state index in [1.807, 2.05) is 0 Å². The predicted molar refractivity (Wildman–Crippen MR) is 92.6 cm³/mol. The maximum Gasteiger partial charge on any atom is 0.288 e. The number of nitro groups is 1. The quantitative estimate of drug-likeness (QED) is 0.456. The molecule has 10 heteroatoms. The van der Waals surface area contributed by atoms with Crippen LogP contribution in [0.25, 0.3) is 0 Å². The van der Waals surface area contributed by atoms with Gasteiger partial charge in [-0.3, -0.25) is 19.7 Å². The molecule has 2 aromatic carbocycles. The summed E-state index contributed by atoms with van der Waals surface area (Å²) in [6.45, 7) is -0.381. The normalized spacial score (nSPS) is 10.5. The van der Waals surface area contributed by atoms with Gasteiger partial charge in [-0.1, -0.05) is 23.7 Å². The number of carbonyl (C=O) groups is 2. The van der Waals surface area contributed by atoms with E-state index in [1.54, 1.807) is 0 Å². The molecule has 0 aliphatic heterocycles. The third kappa shape index (κ3) is 5.35. The van der Waals surface area contributed by atoms with E-state index in [0.717, 1.165) is 6.07 Å².